The van der Waals surface area contributed by atoms with Crippen LogP contribution in [-0.2, 0) is 15.0 Å². The van der Waals surface area contributed by atoms with Crippen molar-refractivity contribution in [2.45, 2.75) is 24.0 Å². The minimum atomic E-state index is -4.09. The Kier molecular flexibility index (Phi) is 4.56. The topological polar surface area (TPSA) is 115 Å². The predicted octanol–water partition coefficient (Wildman–Crippen LogP) is 2.41. The van der Waals surface area contributed by atoms with Crippen molar-refractivity contribution in [3.63, 3.8) is 0 Å². The van der Waals surface area contributed by atoms with Crippen LogP contribution in [0.1, 0.15) is 29.6 Å². The van der Waals surface area contributed by atoms with E-state index in [-0.39, 0.29) is 19.1 Å². The van der Waals surface area contributed by atoms with Crippen molar-refractivity contribution in [1.82, 2.24) is 13.9 Å². The quantitative estimate of drug-likeness (QED) is 0.717. The third kappa shape index (κ3) is 3.37. The summed E-state index contributed by atoms with van der Waals surface area (Å²) in [7, 11) is -4.09. The maximum absolute atomic E-state index is 13.1. The summed E-state index contributed by atoms with van der Waals surface area (Å²) < 4.78 is 29.7. The van der Waals surface area contributed by atoms with E-state index in [1.165, 1.54) is 6.20 Å². The molecule has 10 heteroatoms. The van der Waals surface area contributed by atoms with Crippen LogP contribution >= 0.6 is 0 Å². The number of azo groups is 1. The van der Waals surface area contributed by atoms with Gasteiger partial charge in [-0.3, -0.25) is 9.10 Å². The molecule has 2 aromatic carbocycles. The van der Waals surface area contributed by atoms with E-state index < -0.39 is 27.6 Å². The molecule has 2 aromatic rings. The minimum absolute atomic E-state index is 0.166. The lowest BCUT2D eigenvalue weighted by Gasteiger charge is -2.33. The molecule has 1 unspecified atom stereocenters. The predicted molar refractivity (Wildman–Crippen MR) is 112 cm³/mol. The monoisotopic (exact) mass is 439 g/mol. The molecule has 2 N–H and O–H groups in total. The van der Waals surface area contributed by atoms with E-state index in [1.54, 1.807) is 0 Å². The molecule has 1 fully saturated rings. The number of hydrogen-bond donors (Lipinski definition) is 2. The first kappa shape index (κ1) is 19.7. The Labute approximate surface area is 179 Å². The molecule has 31 heavy (non-hydrogen) atoms. The summed E-state index contributed by atoms with van der Waals surface area (Å²) in [5.74, 6) is -1.16. The van der Waals surface area contributed by atoms with Gasteiger partial charge in [0.15, 0.2) is 12.0 Å². The summed E-state index contributed by atoms with van der Waals surface area (Å²) in [5.41, 5.74) is 0.225. The van der Waals surface area contributed by atoms with Gasteiger partial charge in [-0.25, -0.2) is 0 Å². The van der Waals surface area contributed by atoms with Crippen LogP contribution in [0.2, 0.25) is 0 Å². The van der Waals surface area contributed by atoms with Crippen LogP contribution in [-0.4, -0.2) is 47.3 Å². The van der Waals surface area contributed by atoms with Gasteiger partial charge in [0.1, 0.15) is 5.54 Å². The van der Waals surface area contributed by atoms with Gasteiger partial charge in [0.2, 0.25) is 0 Å². The summed E-state index contributed by atoms with van der Waals surface area (Å²) in [6, 6.07) is 18.7. The number of nitrogens with zero attached hydrogens (tertiary/aromatic N) is 4. The molecule has 0 spiro atoms. The van der Waals surface area contributed by atoms with Gasteiger partial charge < -0.3 is 10.0 Å². The fourth-order valence-corrected chi connectivity index (χ4v) is 5.63. The summed E-state index contributed by atoms with van der Waals surface area (Å²) in [6.07, 6.45) is 1.33. The molecule has 3 aliphatic rings. The first-order valence-electron chi connectivity index (χ1n) is 9.94. The van der Waals surface area contributed by atoms with Crippen molar-refractivity contribution >= 4 is 16.2 Å². The Morgan fingerprint density at radius 3 is 2.32 bits per heavy atom. The third-order valence-corrected chi connectivity index (χ3v) is 7.47. The number of fused-ring (bicyclic) bond motifs is 1. The number of benzene rings is 2. The second-order valence-electron chi connectivity index (χ2n) is 7.84. The van der Waals surface area contributed by atoms with Gasteiger partial charge in [0.05, 0.1) is 12.7 Å². The van der Waals surface area contributed by atoms with Crippen molar-refractivity contribution in [1.29, 1.82) is 0 Å². The average molecular weight is 439 g/mol. The molecule has 0 saturated heterocycles. The van der Waals surface area contributed by atoms with Crippen molar-refractivity contribution in [2.75, 3.05) is 13.1 Å². The summed E-state index contributed by atoms with van der Waals surface area (Å²) in [6.45, 7) is 0.556. The fourth-order valence-electron chi connectivity index (χ4n) is 4.19. The molecule has 2 aliphatic heterocycles. The molecular weight excluding hydrogens is 418 g/mol. The first-order valence-corrected chi connectivity index (χ1v) is 11.4. The highest BCUT2D eigenvalue weighted by atomic mass is 32.2. The maximum Gasteiger partial charge on any atom is 0.325 e. The van der Waals surface area contributed by atoms with Crippen LogP contribution < -0.4 is 4.72 Å². The summed E-state index contributed by atoms with van der Waals surface area (Å²) in [5, 5.41) is 18.2. The molecule has 2 heterocycles. The Balaban J connectivity index is 1.36. The lowest BCUT2D eigenvalue weighted by molar-refractivity contribution is -0.140. The Bertz CT molecular complexity index is 1170. The van der Waals surface area contributed by atoms with Gasteiger partial charge in [-0.05, 0) is 17.5 Å². The highest BCUT2D eigenvalue weighted by Gasteiger charge is 2.63. The van der Waals surface area contributed by atoms with Gasteiger partial charge in [0, 0.05) is 12.5 Å². The van der Waals surface area contributed by atoms with Crippen molar-refractivity contribution in [3.8, 4) is 0 Å². The van der Waals surface area contributed by atoms with Gasteiger partial charge in [0.25, 0.3) is 0 Å². The first-order chi connectivity index (χ1) is 14.9. The molecule has 0 bridgehead atoms. The van der Waals surface area contributed by atoms with Crippen LogP contribution in [0.3, 0.4) is 0 Å². The van der Waals surface area contributed by atoms with E-state index in [4.69, 9.17) is 0 Å². The molecular formula is C21H21N5O4S. The zero-order valence-electron chi connectivity index (χ0n) is 16.5. The SMILES string of the molecule is O=C(O)[C@@]1(NS(=O)(=O)N2C=C3N=NC(c4ccccc4)N3CC2)C[C@H]1c1ccccc1. The second-order valence-corrected chi connectivity index (χ2v) is 9.47. The number of aliphatic carboxylic acids is 1. The number of hydrogen-bond acceptors (Lipinski definition) is 6. The Hall–Kier alpha value is -3.24. The van der Waals surface area contributed by atoms with Gasteiger partial charge in [-0.1, -0.05) is 60.7 Å². The van der Waals surface area contributed by atoms with Crippen molar-refractivity contribution < 1.29 is 18.3 Å². The fraction of sp³-hybridized carbons (Fsp3) is 0.286. The van der Waals surface area contributed by atoms with Crippen LogP contribution in [0.5, 0.6) is 0 Å². The van der Waals surface area contributed by atoms with Crippen LogP contribution in [0.15, 0.2) is 82.9 Å². The lowest BCUT2D eigenvalue weighted by atomic mass is 10.1. The van der Waals surface area contributed by atoms with Gasteiger partial charge in [-0.15, -0.1) is 5.11 Å². The molecule has 3 atom stereocenters. The van der Waals surface area contributed by atoms with Gasteiger partial charge in [-0.2, -0.15) is 18.3 Å². The molecule has 0 radical (unpaired) electrons. The third-order valence-electron chi connectivity index (χ3n) is 5.94. The molecule has 0 amide bonds. The zero-order valence-corrected chi connectivity index (χ0v) is 17.3. The molecule has 0 aromatic heterocycles. The Morgan fingerprint density at radius 1 is 1.03 bits per heavy atom. The minimum Gasteiger partial charge on any atom is -0.480 e. The smallest absolute Gasteiger partial charge is 0.325 e. The molecule has 9 nitrogen and oxygen atoms in total. The number of carboxylic acid groups (broad SMARTS) is 1. The highest BCUT2D eigenvalue weighted by Crippen LogP contribution is 2.52. The van der Waals surface area contributed by atoms with E-state index >= 15 is 0 Å². The van der Waals surface area contributed by atoms with Crippen molar-refractivity contribution in [3.05, 3.63) is 83.8 Å². The van der Waals surface area contributed by atoms with Crippen LogP contribution in [0.4, 0.5) is 0 Å². The zero-order chi connectivity index (χ0) is 21.6. The van der Waals surface area contributed by atoms with E-state index in [0.717, 1.165) is 15.4 Å². The van der Waals surface area contributed by atoms with Crippen LogP contribution in [0, 0.1) is 0 Å². The maximum atomic E-state index is 13.1. The summed E-state index contributed by atoms with van der Waals surface area (Å²) in [4.78, 5) is 13.9. The largest absolute Gasteiger partial charge is 0.480 e. The average Bonchev–Trinajstić information content (AvgIpc) is 3.35. The van der Waals surface area contributed by atoms with Crippen molar-refractivity contribution in [2.24, 2.45) is 10.2 Å². The number of carbonyl (C=O) groups is 1. The molecule has 5 rings (SSSR count). The highest BCUT2D eigenvalue weighted by molar-refractivity contribution is 7.87. The van der Waals surface area contributed by atoms with E-state index in [0.29, 0.717) is 12.4 Å². The van der Waals surface area contributed by atoms with E-state index in [1.807, 2.05) is 65.6 Å². The number of nitrogens with one attached hydrogen (secondary N) is 1. The second kappa shape index (κ2) is 7.17. The molecule has 160 valence electrons. The van der Waals surface area contributed by atoms with E-state index in [2.05, 4.69) is 15.0 Å². The van der Waals surface area contributed by atoms with Crippen LogP contribution in [0.25, 0.3) is 0 Å². The lowest BCUT2D eigenvalue weighted by Crippen LogP contribution is -2.52. The van der Waals surface area contributed by atoms with E-state index in [9.17, 15) is 18.3 Å². The Morgan fingerprint density at radius 2 is 1.68 bits per heavy atom. The summed E-state index contributed by atoms with van der Waals surface area (Å²) >= 11 is 0. The normalized spacial score (nSPS) is 27.0. The standard InChI is InChI=1S/C21H21N5O4S/c27-20(28)21(13-17(21)15-7-3-1-4-8-15)24-31(29,30)25-11-12-26-18(14-25)22-23-19(26)16-9-5-2-6-10-16/h1-10,14,17,19,24H,11-13H2,(H,27,28)/t17-,19?,21+/m0/s1. The molecule has 1 saturated carbocycles. The number of carboxylic acids is 1. The van der Waals surface area contributed by atoms with Gasteiger partial charge >= 0.3 is 16.2 Å². The molecule has 1 aliphatic carbocycles. The number of rotatable bonds is 6.